The Labute approximate surface area is 92.0 Å². The molecular weight excluding hydrogens is 221 g/mol. The predicted octanol–water partition coefficient (Wildman–Crippen LogP) is 2.32. The van der Waals surface area contributed by atoms with Crippen LogP contribution in [0.25, 0.3) is 0 Å². The van der Waals surface area contributed by atoms with Gasteiger partial charge in [-0.1, -0.05) is 6.92 Å². The topological polar surface area (TPSA) is 38.1 Å². The Kier molecular flexibility index (Phi) is 4.79. The molecule has 1 rings (SSSR count). The fraction of sp³-hybridized carbons (Fsp3) is 0.700. The van der Waals surface area contributed by atoms with Crippen LogP contribution < -0.4 is 5.32 Å². The molecule has 3 nitrogen and oxygen atoms in total. The molecule has 0 atom stereocenters. The number of likely N-dealkylation sites (N-methyl/N-ethyl adjacent to an activating group) is 1. The van der Waals surface area contributed by atoms with E-state index in [-0.39, 0.29) is 6.42 Å². The quantitative estimate of drug-likeness (QED) is 0.770. The predicted molar refractivity (Wildman–Crippen MR) is 53.1 cm³/mol. The molecule has 0 unspecified atom stereocenters. The Morgan fingerprint density at radius 1 is 1.38 bits per heavy atom. The van der Waals surface area contributed by atoms with Crippen LogP contribution in [-0.2, 0) is 12.8 Å². The Morgan fingerprint density at radius 2 is 2.12 bits per heavy atom. The summed E-state index contributed by atoms with van der Waals surface area (Å²) in [5.41, 5.74) is 0. The largest absolute Gasteiger partial charge is 0.446 e. The zero-order chi connectivity index (χ0) is 12.0. The molecule has 0 aliphatic heterocycles. The van der Waals surface area contributed by atoms with Gasteiger partial charge in [-0.15, -0.1) is 0 Å². The van der Waals surface area contributed by atoms with E-state index in [1.807, 2.05) is 6.92 Å². The number of oxazole rings is 1. The molecule has 1 aromatic heterocycles. The highest BCUT2D eigenvalue weighted by atomic mass is 19.4. The SMILES string of the molecule is CCNCCc1ncc(CCC(F)(F)F)o1. The standard InChI is InChI=1S/C10H15F3N2O/c1-2-14-6-4-9-15-7-8(16-9)3-5-10(11,12)13/h7,14H,2-6H2,1H3. The van der Waals surface area contributed by atoms with Gasteiger partial charge in [0.05, 0.1) is 12.6 Å². The minimum Gasteiger partial charge on any atom is -0.446 e. The van der Waals surface area contributed by atoms with Crippen molar-refractivity contribution in [3.63, 3.8) is 0 Å². The van der Waals surface area contributed by atoms with Crippen molar-refractivity contribution < 1.29 is 17.6 Å². The van der Waals surface area contributed by atoms with Gasteiger partial charge in [0.2, 0.25) is 0 Å². The number of rotatable bonds is 6. The van der Waals surface area contributed by atoms with E-state index in [9.17, 15) is 13.2 Å². The lowest BCUT2D eigenvalue weighted by Gasteiger charge is -2.02. The molecule has 0 aliphatic rings. The van der Waals surface area contributed by atoms with E-state index in [1.165, 1.54) is 6.20 Å². The Hall–Kier alpha value is -1.04. The molecule has 0 aromatic carbocycles. The highest BCUT2D eigenvalue weighted by Crippen LogP contribution is 2.22. The van der Waals surface area contributed by atoms with Crippen molar-refractivity contribution in [1.29, 1.82) is 0 Å². The van der Waals surface area contributed by atoms with Gasteiger partial charge < -0.3 is 9.73 Å². The number of nitrogens with zero attached hydrogens (tertiary/aromatic N) is 1. The van der Waals surface area contributed by atoms with Gasteiger partial charge in [-0.25, -0.2) is 4.98 Å². The zero-order valence-electron chi connectivity index (χ0n) is 9.10. The number of aromatic nitrogens is 1. The summed E-state index contributed by atoms with van der Waals surface area (Å²) in [7, 11) is 0. The maximum Gasteiger partial charge on any atom is 0.389 e. The third kappa shape index (κ3) is 5.16. The summed E-state index contributed by atoms with van der Waals surface area (Å²) in [6.45, 7) is 3.54. The number of aryl methyl sites for hydroxylation is 1. The highest BCUT2D eigenvalue weighted by molar-refractivity contribution is 4.95. The number of alkyl halides is 3. The van der Waals surface area contributed by atoms with Crippen LogP contribution in [0.5, 0.6) is 0 Å². The molecule has 1 heterocycles. The molecule has 0 amide bonds. The van der Waals surface area contributed by atoms with Crippen LogP contribution in [-0.4, -0.2) is 24.2 Å². The second kappa shape index (κ2) is 5.89. The molecule has 0 fully saturated rings. The van der Waals surface area contributed by atoms with E-state index >= 15 is 0 Å². The van der Waals surface area contributed by atoms with Gasteiger partial charge in [0, 0.05) is 19.4 Å². The third-order valence-corrected chi connectivity index (χ3v) is 2.02. The van der Waals surface area contributed by atoms with Gasteiger partial charge in [0.15, 0.2) is 5.89 Å². The van der Waals surface area contributed by atoms with E-state index in [4.69, 9.17) is 4.42 Å². The first-order valence-corrected chi connectivity index (χ1v) is 5.22. The molecule has 6 heteroatoms. The van der Waals surface area contributed by atoms with Crippen molar-refractivity contribution in [2.75, 3.05) is 13.1 Å². The maximum atomic E-state index is 11.9. The summed E-state index contributed by atoms with van der Waals surface area (Å²) in [5, 5.41) is 3.08. The average molecular weight is 236 g/mol. The van der Waals surface area contributed by atoms with Crippen molar-refractivity contribution in [1.82, 2.24) is 10.3 Å². The summed E-state index contributed by atoms with van der Waals surface area (Å²) in [4.78, 5) is 3.91. The molecule has 0 saturated carbocycles. The first kappa shape index (κ1) is 13.0. The van der Waals surface area contributed by atoms with Crippen molar-refractivity contribution in [3.05, 3.63) is 17.8 Å². The molecule has 0 bridgehead atoms. The molecule has 0 aliphatic carbocycles. The number of halogens is 3. The van der Waals surface area contributed by atoms with Crippen LogP contribution in [0.15, 0.2) is 10.6 Å². The number of nitrogens with one attached hydrogen (secondary N) is 1. The van der Waals surface area contributed by atoms with Crippen molar-refractivity contribution >= 4 is 0 Å². The van der Waals surface area contributed by atoms with Gasteiger partial charge >= 0.3 is 6.18 Å². The lowest BCUT2D eigenvalue weighted by molar-refractivity contribution is -0.134. The summed E-state index contributed by atoms with van der Waals surface area (Å²) >= 11 is 0. The Morgan fingerprint density at radius 3 is 2.75 bits per heavy atom. The van der Waals surface area contributed by atoms with Crippen LogP contribution in [0.3, 0.4) is 0 Å². The van der Waals surface area contributed by atoms with Gasteiger partial charge in [0.1, 0.15) is 5.76 Å². The second-order valence-corrected chi connectivity index (χ2v) is 3.44. The number of hydrogen-bond donors (Lipinski definition) is 1. The normalized spacial score (nSPS) is 12.0. The summed E-state index contributed by atoms with van der Waals surface area (Å²) in [6.07, 6.45) is -3.18. The van der Waals surface area contributed by atoms with Gasteiger partial charge in [-0.2, -0.15) is 13.2 Å². The van der Waals surface area contributed by atoms with Crippen LogP contribution in [0.2, 0.25) is 0 Å². The number of hydrogen-bond acceptors (Lipinski definition) is 3. The third-order valence-electron chi connectivity index (χ3n) is 2.02. The Bertz CT molecular complexity index is 309. The summed E-state index contributed by atoms with van der Waals surface area (Å²) < 4.78 is 40.9. The van der Waals surface area contributed by atoms with Crippen LogP contribution in [0.4, 0.5) is 13.2 Å². The zero-order valence-corrected chi connectivity index (χ0v) is 9.10. The van der Waals surface area contributed by atoms with Gasteiger partial charge in [-0.3, -0.25) is 0 Å². The molecule has 16 heavy (non-hydrogen) atoms. The van der Waals surface area contributed by atoms with E-state index in [0.29, 0.717) is 18.1 Å². The Balaban J connectivity index is 2.33. The fourth-order valence-electron chi connectivity index (χ4n) is 1.22. The lowest BCUT2D eigenvalue weighted by Crippen LogP contribution is -2.16. The van der Waals surface area contributed by atoms with Crippen LogP contribution >= 0.6 is 0 Å². The smallest absolute Gasteiger partial charge is 0.389 e. The van der Waals surface area contributed by atoms with Crippen molar-refractivity contribution in [2.24, 2.45) is 0 Å². The van der Waals surface area contributed by atoms with E-state index in [1.54, 1.807) is 0 Å². The molecule has 92 valence electrons. The second-order valence-electron chi connectivity index (χ2n) is 3.44. The molecule has 0 spiro atoms. The van der Waals surface area contributed by atoms with E-state index < -0.39 is 12.6 Å². The minimum absolute atomic E-state index is 0.141. The molecule has 1 N–H and O–H groups in total. The maximum absolute atomic E-state index is 11.9. The molecule has 0 radical (unpaired) electrons. The van der Waals surface area contributed by atoms with Crippen LogP contribution in [0.1, 0.15) is 25.0 Å². The average Bonchev–Trinajstić information content (AvgIpc) is 2.62. The van der Waals surface area contributed by atoms with E-state index in [2.05, 4.69) is 10.3 Å². The van der Waals surface area contributed by atoms with Crippen LogP contribution in [0, 0.1) is 0 Å². The first-order valence-electron chi connectivity index (χ1n) is 5.22. The van der Waals surface area contributed by atoms with E-state index in [0.717, 1.165) is 13.1 Å². The molecule has 0 saturated heterocycles. The fourth-order valence-corrected chi connectivity index (χ4v) is 1.22. The minimum atomic E-state index is -4.14. The molecular formula is C10H15F3N2O. The molecule has 1 aromatic rings. The van der Waals surface area contributed by atoms with Gasteiger partial charge in [0.25, 0.3) is 0 Å². The summed E-state index contributed by atoms with van der Waals surface area (Å²) in [5.74, 6) is 0.780. The summed E-state index contributed by atoms with van der Waals surface area (Å²) in [6, 6.07) is 0. The highest BCUT2D eigenvalue weighted by Gasteiger charge is 2.27. The van der Waals surface area contributed by atoms with Crippen molar-refractivity contribution in [2.45, 2.75) is 32.4 Å². The monoisotopic (exact) mass is 236 g/mol. The van der Waals surface area contributed by atoms with Gasteiger partial charge in [-0.05, 0) is 6.54 Å². The first-order chi connectivity index (χ1) is 7.51. The van der Waals surface area contributed by atoms with Crippen molar-refractivity contribution in [3.8, 4) is 0 Å². The lowest BCUT2D eigenvalue weighted by atomic mass is 10.2.